The van der Waals surface area contributed by atoms with Gasteiger partial charge in [0.25, 0.3) is 5.91 Å². The number of thiophene rings is 1. The summed E-state index contributed by atoms with van der Waals surface area (Å²) in [4.78, 5) is 15.4. The van der Waals surface area contributed by atoms with Gasteiger partial charge in [-0.3, -0.25) is 4.79 Å². The third kappa shape index (κ3) is 3.49. The van der Waals surface area contributed by atoms with Gasteiger partial charge in [0, 0.05) is 12.6 Å². The highest BCUT2D eigenvalue weighted by Crippen LogP contribution is 2.29. The zero-order chi connectivity index (χ0) is 14.7. The van der Waals surface area contributed by atoms with E-state index in [-0.39, 0.29) is 11.9 Å². The Morgan fingerprint density at radius 3 is 2.45 bits per heavy atom. The third-order valence-corrected chi connectivity index (χ3v) is 5.27. The molecule has 1 aromatic heterocycles. The standard InChI is InChI=1S/C16H18BrNOS/c1-11(2)18(10-13-7-5-4-6-8-13)16(19)14-9-12(3)15(17)20-14/h4-9,11H,10H2,1-3H3. The number of carbonyl (C=O) groups excluding carboxylic acids is 1. The van der Waals surface area contributed by atoms with Crippen LogP contribution in [0.2, 0.25) is 0 Å². The Kier molecular flexibility index (Phi) is 5.00. The van der Waals surface area contributed by atoms with E-state index in [0.717, 1.165) is 19.8 Å². The van der Waals surface area contributed by atoms with Crippen molar-refractivity contribution in [1.82, 2.24) is 4.90 Å². The van der Waals surface area contributed by atoms with Crippen LogP contribution in [0, 0.1) is 6.92 Å². The molecule has 0 aliphatic rings. The number of nitrogens with zero attached hydrogens (tertiary/aromatic N) is 1. The summed E-state index contributed by atoms with van der Waals surface area (Å²) in [6.07, 6.45) is 0. The van der Waals surface area contributed by atoms with E-state index in [9.17, 15) is 4.79 Å². The molecule has 0 atom stereocenters. The number of carbonyl (C=O) groups is 1. The van der Waals surface area contributed by atoms with Gasteiger partial charge in [-0.15, -0.1) is 11.3 Å². The molecule has 0 spiro atoms. The largest absolute Gasteiger partial charge is 0.331 e. The Bertz CT molecular complexity index is 572. The van der Waals surface area contributed by atoms with Crippen molar-refractivity contribution in [3.8, 4) is 0 Å². The molecule has 20 heavy (non-hydrogen) atoms. The highest BCUT2D eigenvalue weighted by molar-refractivity contribution is 9.11. The number of benzene rings is 1. The average Bonchev–Trinajstić information content (AvgIpc) is 2.76. The second kappa shape index (κ2) is 6.55. The van der Waals surface area contributed by atoms with E-state index in [1.807, 2.05) is 36.1 Å². The van der Waals surface area contributed by atoms with Crippen LogP contribution < -0.4 is 0 Å². The van der Waals surface area contributed by atoms with Gasteiger partial charge in [-0.1, -0.05) is 30.3 Å². The first kappa shape index (κ1) is 15.3. The topological polar surface area (TPSA) is 20.3 Å². The van der Waals surface area contributed by atoms with Crippen LogP contribution in [0.3, 0.4) is 0 Å². The Morgan fingerprint density at radius 1 is 1.30 bits per heavy atom. The number of hydrogen-bond donors (Lipinski definition) is 0. The number of rotatable bonds is 4. The second-order valence-corrected chi connectivity index (χ2v) is 7.45. The monoisotopic (exact) mass is 351 g/mol. The van der Waals surface area contributed by atoms with Crippen LogP contribution in [0.1, 0.15) is 34.6 Å². The summed E-state index contributed by atoms with van der Waals surface area (Å²) in [5.41, 5.74) is 2.27. The first-order valence-corrected chi connectivity index (χ1v) is 8.21. The Hall–Kier alpha value is -1.13. The van der Waals surface area contributed by atoms with Crippen molar-refractivity contribution in [3.05, 3.63) is 56.2 Å². The minimum absolute atomic E-state index is 0.0997. The molecule has 0 aliphatic heterocycles. The molecule has 0 radical (unpaired) electrons. The maximum Gasteiger partial charge on any atom is 0.264 e. The van der Waals surface area contributed by atoms with Crippen molar-refractivity contribution < 1.29 is 4.79 Å². The summed E-state index contributed by atoms with van der Waals surface area (Å²) in [5, 5.41) is 0. The summed E-state index contributed by atoms with van der Waals surface area (Å²) in [6.45, 7) is 6.76. The van der Waals surface area contributed by atoms with Crippen molar-refractivity contribution in [2.75, 3.05) is 0 Å². The molecule has 1 amide bonds. The zero-order valence-corrected chi connectivity index (χ0v) is 14.3. The summed E-state index contributed by atoms with van der Waals surface area (Å²) in [7, 11) is 0. The van der Waals surface area contributed by atoms with Crippen LogP contribution in [0.25, 0.3) is 0 Å². The van der Waals surface area contributed by atoms with Gasteiger partial charge in [0.1, 0.15) is 0 Å². The average molecular weight is 352 g/mol. The van der Waals surface area contributed by atoms with Crippen molar-refractivity contribution in [3.63, 3.8) is 0 Å². The molecule has 0 saturated heterocycles. The molecule has 0 unspecified atom stereocenters. The van der Waals surface area contributed by atoms with Crippen LogP contribution in [-0.2, 0) is 6.54 Å². The van der Waals surface area contributed by atoms with Crippen LogP contribution in [0.5, 0.6) is 0 Å². The normalized spacial score (nSPS) is 10.8. The minimum atomic E-state index is 0.0997. The molecule has 2 nitrogen and oxygen atoms in total. The smallest absolute Gasteiger partial charge is 0.264 e. The van der Waals surface area contributed by atoms with Gasteiger partial charge >= 0.3 is 0 Å². The first-order chi connectivity index (χ1) is 9.49. The zero-order valence-electron chi connectivity index (χ0n) is 11.9. The third-order valence-electron chi connectivity index (χ3n) is 3.15. The lowest BCUT2D eigenvalue weighted by molar-refractivity contribution is 0.0695. The number of aryl methyl sites for hydroxylation is 1. The molecule has 2 aromatic rings. The second-order valence-electron chi connectivity index (χ2n) is 5.08. The fourth-order valence-electron chi connectivity index (χ4n) is 1.98. The summed E-state index contributed by atoms with van der Waals surface area (Å²) in [5.74, 6) is 0.0997. The van der Waals surface area contributed by atoms with Gasteiger partial charge in [-0.2, -0.15) is 0 Å². The van der Waals surface area contributed by atoms with E-state index in [4.69, 9.17) is 0 Å². The quantitative estimate of drug-likeness (QED) is 0.769. The van der Waals surface area contributed by atoms with Crippen molar-refractivity contribution in [2.45, 2.75) is 33.4 Å². The van der Waals surface area contributed by atoms with Gasteiger partial charge in [0.2, 0.25) is 0 Å². The summed E-state index contributed by atoms with van der Waals surface area (Å²) >= 11 is 4.99. The van der Waals surface area contributed by atoms with Gasteiger partial charge < -0.3 is 4.90 Å². The van der Waals surface area contributed by atoms with Crippen molar-refractivity contribution in [2.24, 2.45) is 0 Å². The summed E-state index contributed by atoms with van der Waals surface area (Å²) in [6, 6.07) is 12.2. The van der Waals surface area contributed by atoms with E-state index in [1.54, 1.807) is 0 Å². The first-order valence-electron chi connectivity index (χ1n) is 6.60. The van der Waals surface area contributed by atoms with Crippen LogP contribution in [-0.4, -0.2) is 16.8 Å². The molecule has 2 rings (SSSR count). The lowest BCUT2D eigenvalue weighted by atomic mass is 10.2. The molecule has 1 aromatic carbocycles. The molecule has 4 heteroatoms. The van der Waals surface area contributed by atoms with E-state index < -0.39 is 0 Å². The lowest BCUT2D eigenvalue weighted by Gasteiger charge is -2.26. The Labute approximate surface area is 132 Å². The van der Waals surface area contributed by atoms with Crippen LogP contribution in [0.4, 0.5) is 0 Å². The van der Waals surface area contributed by atoms with Gasteiger partial charge in [0.15, 0.2) is 0 Å². The van der Waals surface area contributed by atoms with E-state index in [1.165, 1.54) is 11.3 Å². The minimum Gasteiger partial charge on any atom is -0.331 e. The van der Waals surface area contributed by atoms with Gasteiger partial charge in [-0.05, 0) is 53.9 Å². The fourth-order valence-corrected chi connectivity index (χ4v) is 3.47. The maximum atomic E-state index is 12.7. The number of amides is 1. The Balaban J connectivity index is 2.22. The lowest BCUT2D eigenvalue weighted by Crippen LogP contribution is -2.35. The predicted octanol–water partition coefficient (Wildman–Crippen LogP) is 4.87. The van der Waals surface area contributed by atoms with Crippen LogP contribution >= 0.6 is 27.3 Å². The van der Waals surface area contributed by atoms with E-state index in [0.29, 0.717) is 6.54 Å². The fraction of sp³-hybridized carbons (Fsp3) is 0.312. The predicted molar refractivity (Wildman–Crippen MR) is 88.2 cm³/mol. The number of halogens is 1. The SMILES string of the molecule is Cc1cc(C(=O)N(Cc2ccccc2)C(C)C)sc1Br. The van der Waals surface area contributed by atoms with Crippen molar-refractivity contribution >= 4 is 33.2 Å². The molecular formula is C16H18BrNOS. The van der Waals surface area contributed by atoms with Gasteiger partial charge in [-0.25, -0.2) is 0 Å². The molecule has 106 valence electrons. The van der Waals surface area contributed by atoms with Crippen LogP contribution in [0.15, 0.2) is 40.2 Å². The van der Waals surface area contributed by atoms with E-state index in [2.05, 4.69) is 41.9 Å². The maximum absolute atomic E-state index is 12.7. The van der Waals surface area contributed by atoms with Gasteiger partial charge in [0.05, 0.1) is 8.66 Å². The molecule has 0 aliphatic carbocycles. The molecule has 0 bridgehead atoms. The highest BCUT2D eigenvalue weighted by Gasteiger charge is 2.21. The highest BCUT2D eigenvalue weighted by atomic mass is 79.9. The molecular weight excluding hydrogens is 334 g/mol. The molecule has 0 saturated carbocycles. The summed E-state index contributed by atoms with van der Waals surface area (Å²) < 4.78 is 1.03. The molecule has 0 N–H and O–H groups in total. The molecule has 0 fully saturated rings. The van der Waals surface area contributed by atoms with Crippen molar-refractivity contribution in [1.29, 1.82) is 0 Å². The molecule has 1 heterocycles. The Morgan fingerprint density at radius 2 is 1.95 bits per heavy atom. The number of hydrogen-bond acceptors (Lipinski definition) is 2. The van der Waals surface area contributed by atoms with E-state index >= 15 is 0 Å².